The van der Waals surface area contributed by atoms with Crippen molar-refractivity contribution in [3.8, 4) is 0 Å². The largest absolute Gasteiger partial charge is 0.396 e. The molecule has 5 N–H and O–H groups in total. The number of H-pyrrole nitrogens is 2. The molecular formula is C8H13N3O6. The molecule has 17 heavy (non-hydrogen) atoms. The molecule has 0 aliphatic rings. The quantitative estimate of drug-likeness (QED) is 0.360. The molecule has 0 bridgehead atoms. The molecule has 0 spiro atoms. The molecule has 1 unspecified atom stereocenters. The first-order valence-electron chi connectivity index (χ1n) is 4.82. The number of nitrogens with zero attached hydrogens (tertiary/aromatic N) is 1. The zero-order valence-electron chi connectivity index (χ0n) is 8.79. The second-order valence-corrected chi connectivity index (χ2v) is 3.49. The summed E-state index contributed by atoms with van der Waals surface area (Å²) in [7, 11) is 0. The number of aliphatic hydroxyl groups excluding tert-OH is 3. The molecule has 0 fully saturated rings. The lowest BCUT2D eigenvalue weighted by Crippen LogP contribution is -2.46. The highest BCUT2D eigenvalue weighted by atomic mass is 16.3. The van der Waals surface area contributed by atoms with Gasteiger partial charge in [0.15, 0.2) is 0 Å². The van der Waals surface area contributed by atoms with Crippen LogP contribution in [-0.4, -0.2) is 49.2 Å². The topological polar surface area (TPSA) is 148 Å². The monoisotopic (exact) mass is 247 g/mol. The van der Waals surface area contributed by atoms with Crippen LogP contribution in [0, 0.1) is 5.92 Å². The van der Waals surface area contributed by atoms with E-state index >= 15 is 0 Å². The molecule has 1 rings (SSSR count). The lowest BCUT2D eigenvalue weighted by Gasteiger charge is -2.18. The van der Waals surface area contributed by atoms with Gasteiger partial charge in [-0.2, -0.15) is 0 Å². The number of rotatable bonds is 5. The van der Waals surface area contributed by atoms with Gasteiger partial charge in [0.25, 0.3) is 0 Å². The number of aromatic amines is 2. The van der Waals surface area contributed by atoms with E-state index in [1.54, 1.807) is 0 Å². The molecule has 96 valence electrons. The second-order valence-electron chi connectivity index (χ2n) is 3.49. The lowest BCUT2D eigenvalue weighted by molar-refractivity contribution is 0.0207. The third kappa shape index (κ3) is 3.12. The summed E-state index contributed by atoms with van der Waals surface area (Å²) in [4.78, 5) is 36.9. The summed E-state index contributed by atoms with van der Waals surface area (Å²) >= 11 is 0. The van der Waals surface area contributed by atoms with Crippen molar-refractivity contribution in [3.63, 3.8) is 0 Å². The van der Waals surface area contributed by atoms with Crippen molar-refractivity contribution in [1.29, 1.82) is 0 Å². The standard InChI is InChI=1S/C8H13N3O6/c12-2-4(3-13)5(14)1-11-7(16)9-6(15)10-8(11)17/h4-5,12-14H,1-3H2,(H2,9,10,15,16,17). The highest BCUT2D eigenvalue weighted by Gasteiger charge is 2.19. The molecule has 1 aromatic rings. The maximum Gasteiger partial charge on any atom is 0.333 e. The normalized spacial score (nSPS) is 12.9. The fourth-order valence-electron chi connectivity index (χ4n) is 1.26. The summed E-state index contributed by atoms with van der Waals surface area (Å²) in [5, 5.41) is 27.2. The van der Waals surface area contributed by atoms with E-state index in [0.717, 1.165) is 0 Å². The number of hydrogen-bond acceptors (Lipinski definition) is 6. The van der Waals surface area contributed by atoms with Crippen molar-refractivity contribution in [2.75, 3.05) is 13.2 Å². The minimum Gasteiger partial charge on any atom is -0.396 e. The molecule has 0 amide bonds. The summed E-state index contributed by atoms with van der Waals surface area (Å²) in [6, 6.07) is 0. The molecule has 1 aromatic heterocycles. The van der Waals surface area contributed by atoms with E-state index in [4.69, 9.17) is 10.2 Å². The van der Waals surface area contributed by atoms with E-state index in [-0.39, 0.29) is 0 Å². The smallest absolute Gasteiger partial charge is 0.333 e. The Kier molecular flexibility index (Phi) is 4.37. The van der Waals surface area contributed by atoms with E-state index in [0.29, 0.717) is 4.57 Å². The third-order valence-electron chi connectivity index (χ3n) is 2.31. The average Bonchev–Trinajstić information content (AvgIpc) is 2.25. The molecule has 0 saturated heterocycles. The van der Waals surface area contributed by atoms with Crippen LogP contribution in [0.2, 0.25) is 0 Å². The van der Waals surface area contributed by atoms with Gasteiger partial charge in [0.1, 0.15) is 0 Å². The summed E-state index contributed by atoms with van der Waals surface area (Å²) in [6.07, 6.45) is -1.28. The fraction of sp³-hybridized carbons (Fsp3) is 0.625. The van der Waals surface area contributed by atoms with Crippen LogP contribution in [0.4, 0.5) is 0 Å². The maximum absolute atomic E-state index is 11.2. The van der Waals surface area contributed by atoms with E-state index < -0.39 is 48.8 Å². The Labute approximate surface area is 94.0 Å². The van der Waals surface area contributed by atoms with Crippen LogP contribution in [0.3, 0.4) is 0 Å². The van der Waals surface area contributed by atoms with E-state index in [2.05, 4.69) is 0 Å². The molecule has 0 saturated carbocycles. The minimum absolute atomic E-state index is 0.434. The molecule has 1 heterocycles. The number of nitrogens with one attached hydrogen (secondary N) is 2. The summed E-state index contributed by atoms with van der Waals surface area (Å²) in [5.74, 6) is -0.867. The summed E-state index contributed by atoms with van der Waals surface area (Å²) in [6.45, 7) is -1.42. The van der Waals surface area contributed by atoms with Crippen molar-refractivity contribution in [2.45, 2.75) is 12.6 Å². The predicted octanol–water partition coefficient (Wildman–Crippen LogP) is -3.81. The Morgan fingerprint density at radius 3 is 1.94 bits per heavy atom. The molecule has 9 nitrogen and oxygen atoms in total. The summed E-state index contributed by atoms with van der Waals surface area (Å²) in [5.41, 5.74) is -2.87. The average molecular weight is 247 g/mol. The zero-order valence-corrected chi connectivity index (χ0v) is 8.79. The van der Waals surface area contributed by atoms with Gasteiger partial charge < -0.3 is 15.3 Å². The first-order chi connectivity index (χ1) is 7.99. The Bertz CT molecular complexity index is 491. The van der Waals surface area contributed by atoms with Gasteiger partial charge in [0.2, 0.25) is 0 Å². The van der Waals surface area contributed by atoms with Crippen molar-refractivity contribution in [1.82, 2.24) is 14.5 Å². The van der Waals surface area contributed by atoms with Crippen LogP contribution < -0.4 is 17.1 Å². The molecule has 0 radical (unpaired) electrons. The van der Waals surface area contributed by atoms with Crippen LogP contribution in [0.25, 0.3) is 0 Å². The third-order valence-corrected chi connectivity index (χ3v) is 2.31. The summed E-state index contributed by atoms with van der Waals surface area (Å²) < 4.78 is 0.574. The lowest BCUT2D eigenvalue weighted by atomic mass is 10.1. The number of aromatic nitrogens is 3. The van der Waals surface area contributed by atoms with Crippen LogP contribution in [-0.2, 0) is 6.54 Å². The Hall–Kier alpha value is -1.71. The first kappa shape index (κ1) is 13.4. The van der Waals surface area contributed by atoms with Crippen LogP contribution >= 0.6 is 0 Å². The van der Waals surface area contributed by atoms with Gasteiger partial charge in [-0.05, 0) is 0 Å². The van der Waals surface area contributed by atoms with E-state index in [1.165, 1.54) is 0 Å². The Morgan fingerprint density at radius 2 is 1.53 bits per heavy atom. The van der Waals surface area contributed by atoms with Crippen molar-refractivity contribution in [3.05, 3.63) is 31.5 Å². The molecule has 0 aromatic carbocycles. The highest BCUT2D eigenvalue weighted by Crippen LogP contribution is 2.02. The molecule has 1 atom stereocenters. The van der Waals surface area contributed by atoms with Gasteiger partial charge in [0, 0.05) is 5.92 Å². The Morgan fingerprint density at radius 1 is 1.06 bits per heavy atom. The van der Waals surface area contributed by atoms with Crippen molar-refractivity contribution >= 4 is 0 Å². The zero-order chi connectivity index (χ0) is 13.0. The van der Waals surface area contributed by atoms with Crippen LogP contribution in [0.1, 0.15) is 0 Å². The van der Waals surface area contributed by atoms with Crippen LogP contribution in [0.15, 0.2) is 14.4 Å². The SMILES string of the molecule is O=c1[nH]c(=O)n(CC(O)C(CO)CO)c(=O)[nH]1. The van der Waals surface area contributed by atoms with Gasteiger partial charge in [-0.3, -0.25) is 9.97 Å². The van der Waals surface area contributed by atoms with Crippen molar-refractivity contribution in [2.24, 2.45) is 5.92 Å². The maximum atomic E-state index is 11.2. The van der Waals surface area contributed by atoms with Gasteiger partial charge in [0.05, 0.1) is 25.9 Å². The predicted molar refractivity (Wildman–Crippen MR) is 55.6 cm³/mol. The number of aliphatic hydroxyl groups is 3. The van der Waals surface area contributed by atoms with Crippen LogP contribution in [0.5, 0.6) is 0 Å². The number of hydrogen-bond donors (Lipinski definition) is 5. The highest BCUT2D eigenvalue weighted by molar-refractivity contribution is 4.74. The minimum atomic E-state index is -1.28. The Balaban J connectivity index is 3.00. The van der Waals surface area contributed by atoms with Crippen molar-refractivity contribution < 1.29 is 15.3 Å². The van der Waals surface area contributed by atoms with E-state index in [9.17, 15) is 19.5 Å². The molecule has 0 aliphatic heterocycles. The van der Waals surface area contributed by atoms with Gasteiger partial charge in [-0.25, -0.2) is 19.0 Å². The van der Waals surface area contributed by atoms with Gasteiger partial charge in [-0.1, -0.05) is 0 Å². The molecule has 0 aliphatic carbocycles. The fourth-order valence-corrected chi connectivity index (χ4v) is 1.26. The van der Waals surface area contributed by atoms with Gasteiger partial charge >= 0.3 is 17.1 Å². The molecule has 9 heteroatoms. The first-order valence-corrected chi connectivity index (χ1v) is 4.82. The van der Waals surface area contributed by atoms with E-state index in [1.807, 2.05) is 9.97 Å². The van der Waals surface area contributed by atoms with Gasteiger partial charge in [-0.15, -0.1) is 0 Å². The molecular weight excluding hydrogens is 234 g/mol. The second kappa shape index (κ2) is 5.57.